The fourth-order valence-corrected chi connectivity index (χ4v) is 3.02. The van der Waals surface area contributed by atoms with Gasteiger partial charge < -0.3 is 4.74 Å². The summed E-state index contributed by atoms with van der Waals surface area (Å²) in [7, 11) is 0. The van der Waals surface area contributed by atoms with Crippen LogP contribution >= 0.6 is 0 Å². The standard InChI is InChI=1S/C22H27N3O2/c1-18(7-8-19-5-3-2-4-6-19)23-24-22(26)21-11-9-20(10-12-21)17-25-13-15-27-16-14-25/h2-6,9-12H,7-8,13-17H2,1H3,(H,24,26). The molecular weight excluding hydrogens is 338 g/mol. The van der Waals surface area contributed by atoms with Gasteiger partial charge in [0.15, 0.2) is 0 Å². The summed E-state index contributed by atoms with van der Waals surface area (Å²) in [6.07, 6.45) is 1.74. The van der Waals surface area contributed by atoms with E-state index in [0.29, 0.717) is 5.56 Å². The van der Waals surface area contributed by atoms with Crippen LogP contribution in [0.5, 0.6) is 0 Å². The molecule has 27 heavy (non-hydrogen) atoms. The van der Waals surface area contributed by atoms with Crippen LogP contribution in [0.15, 0.2) is 59.7 Å². The van der Waals surface area contributed by atoms with Crippen molar-refractivity contribution in [3.8, 4) is 0 Å². The molecule has 0 unspecified atom stereocenters. The number of rotatable bonds is 7. The molecule has 1 N–H and O–H groups in total. The molecule has 1 aliphatic heterocycles. The van der Waals surface area contributed by atoms with Crippen LogP contribution in [-0.2, 0) is 17.7 Å². The first kappa shape index (κ1) is 19.3. The highest BCUT2D eigenvalue weighted by Gasteiger charge is 2.11. The molecule has 0 bridgehead atoms. The SMILES string of the molecule is CC(CCc1ccccc1)=NNC(=O)c1ccc(CN2CCOCC2)cc1. The zero-order chi connectivity index (χ0) is 18.9. The number of carbonyl (C=O) groups is 1. The van der Waals surface area contributed by atoms with Gasteiger partial charge in [0.05, 0.1) is 13.2 Å². The Labute approximate surface area is 161 Å². The van der Waals surface area contributed by atoms with Crippen molar-refractivity contribution < 1.29 is 9.53 Å². The van der Waals surface area contributed by atoms with Gasteiger partial charge in [-0.2, -0.15) is 5.10 Å². The molecule has 5 nitrogen and oxygen atoms in total. The molecular formula is C22H27N3O2. The number of ether oxygens (including phenoxy) is 1. The summed E-state index contributed by atoms with van der Waals surface area (Å²) < 4.78 is 5.37. The molecule has 0 spiro atoms. The maximum Gasteiger partial charge on any atom is 0.271 e. The van der Waals surface area contributed by atoms with E-state index in [2.05, 4.69) is 27.6 Å². The summed E-state index contributed by atoms with van der Waals surface area (Å²) in [5, 5.41) is 4.23. The lowest BCUT2D eigenvalue weighted by Crippen LogP contribution is -2.35. The van der Waals surface area contributed by atoms with E-state index in [9.17, 15) is 4.79 Å². The van der Waals surface area contributed by atoms with Gasteiger partial charge in [-0.05, 0) is 43.0 Å². The van der Waals surface area contributed by atoms with Gasteiger partial charge in [0.1, 0.15) is 0 Å². The summed E-state index contributed by atoms with van der Waals surface area (Å²) in [5.41, 5.74) is 6.67. The molecule has 2 aromatic rings. The number of benzene rings is 2. The summed E-state index contributed by atoms with van der Waals surface area (Å²) in [5.74, 6) is -0.174. The summed E-state index contributed by atoms with van der Waals surface area (Å²) in [6.45, 7) is 6.33. The summed E-state index contributed by atoms with van der Waals surface area (Å²) in [6, 6.07) is 18.0. The van der Waals surface area contributed by atoms with Crippen LogP contribution in [0.3, 0.4) is 0 Å². The average Bonchev–Trinajstić information content (AvgIpc) is 2.72. The van der Waals surface area contributed by atoms with E-state index < -0.39 is 0 Å². The maximum atomic E-state index is 12.3. The minimum absolute atomic E-state index is 0.174. The molecule has 1 aliphatic rings. The largest absolute Gasteiger partial charge is 0.379 e. The molecule has 0 aliphatic carbocycles. The van der Waals surface area contributed by atoms with Crippen LogP contribution in [-0.4, -0.2) is 42.8 Å². The van der Waals surface area contributed by atoms with Gasteiger partial charge in [0.2, 0.25) is 0 Å². The van der Waals surface area contributed by atoms with Crippen LogP contribution < -0.4 is 5.43 Å². The Balaban J connectivity index is 1.46. The fraction of sp³-hybridized carbons (Fsp3) is 0.364. The minimum Gasteiger partial charge on any atom is -0.379 e. The number of hydrogen-bond acceptors (Lipinski definition) is 4. The molecule has 1 heterocycles. The molecule has 142 valence electrons. The summed E-state index contributed by atoms with van der Waals surface area (Å²) >= 11 is 0. The molecule has 3 rings (SSSR count). The Morgan fingerprint density at radius 2 is 1.74 bits per heavy atom. The lowest BCUT2D eigenvalue weighted by molar-refractivity contribution is 0.0342. The van der Waals surface area contributed by atoms with Crippen LogP contribution in [0.4, 0.5) is 0 Å². The second-order valence-electron chi connectivity index (χ2n) is 6.86. The number of hydrazone groups is 1. The first-order valence-electron chi connectivity index (χ1n) is 9.47. The van der Waals surface area contributed by atoms with E-state index in [1.165, 1.54) is 11.1 Å². The molecule has 1 fully saturated rings. The predicted molar refractivity (Wildman–Crippen MR) is 108 cm³/mol. The highest BCUT2D eigenvalue weighted by atomic mass is 16.5. The first-order valence-corrected chi connectivity index (χ1v) is 9.47. The average molecular weight is 365 g/mol. The van der Waals surface area contributed by atoms with Crippen molar-refractivity contribution in [2.75, 3.05) is 26.3 Å². The molecule has 0 radical (unpaired) electrons. The van der Waals surface area contributed by atoms with Gasteiger partial charge >= 0.3 is 0 Å². The number of morpholine rings is 1. The molecule has 5 heteroatoms. The van der Waals surface area contributed by atoms with E-state index in [4.69, 9.17) is 4.74 Å². The van der Waals surface area contributed by atoms with Crippen molar-refractivity contribution in [1.82, 2.24) is 10.3 Å². The van der Waals surface area contributed by atoms with Crippen molar-refractivity contribution in [2.24, 2.45) is 5.10 Å². The maximum absolute atomic E-state index is 12.3. The predicted octanol–water partition coefficient (Wildman–Crippen LogP) is 3.26. The van der Waals surface area contributed by atoms with Crippen molar-refractivity contribution in [3.63, 3.8) is 0 Å². The molecule has 0 atom stereocenters. The van der Waals surface area contributed by atoms with E-state index in [1.807, 2.05) is 49.4 Å². The normalized spacial score (nSPS) is 15.5. The second-order valence-corrected chi connectivity index (χ2v) is 6.86. The van der Waals surface area contributed by atoms with Crippen molar-refractivity contribution in [2.45, 2.75) is 26.3 Å². The number of hydrogen-bond donors (Lipinski definition) is 1. The van der Waals surface area contributed by atoms with Crippen LogP contribution in [0.25, 0.3) is 0 Å². The van der Waals surface area contributed by atoms with E-state index in [1.54, 1.807) is 0 Å². The Hall–Kier alpha value is -2.50. The minimum atomic E-state index is -0.174. The third-order valence-corrected chi connectivity index (χ3v) is 4.69. The number of nitrogens with one attached hydrogen (secondary N) is 1. The van der Waals surface area contributed by atoms with Gasteiger partial charge in [-0.3, -0.25) is 9.69 Å². The molecule has 0 saturated carbocycles. The van der Waals surface area contributed by atoms with E-state index >= 15 is 0 Å². The molecule has 1 amide bonds. The highest BCUT2D eigenvalue weighted by Crippen LogP contribution is 2.09. The lowest BCUT2D eigenvalue weighted by atomic mass is 10.1. The number of carbonyl (C=O) groups excluding carboxylic acids is 1. The Morgan fingerprint density at radius 1 is 1.04 bits per heavy atom. The zero-order valence-electron chi connectivity index (χ0n) is 15.9. The van der Waals surface area contributed by atoms with Gasteiger partial charge in [-0.15, -0.1) is 0 Å². The number of nitrogens with zero attached hydrogens (tertiary/aromatic N) is 2. The monoisotopic (exact) mass is 365 g/mol. The van der Waals surface area contributed by atoms with Gasteiger partial charge in [-0.25, -0.2) is 5.43 Å². The number of aryl methyl sites for hydroxylation is 1. The highest BCUT2D eigenvalue weighted by molar-refractivity contribution is 5.95. The molecule has 2 aromatic carbocycles. The van der Waals surface area contributed by atoms with Gasteiger partial charge in [0.25, 0.3) is 5.91 Å². The molecule has 1 saturated heterocycles. The Morgan fingerprint density at radius 3 is 2.44 bits per heavy atom. The quantitative estimate of drug-likeness (QED) is 0.605. The Kier molecular flexibility index (Phi) is 7.13. The molecule has 0 aromatic heterocycles. The second kappa shape index (κ2) is 10.00. The number of amides is 1. The third-order valence-electron chi connectivity index (χ3n) is 4.69. The first-order chi connectivity index (χ1) is 13.2. The van der Waals surface area contributed by atoms with Crippen LogP contribution in [0.2, 0.25) is 0 Å². The van der Waals surface area contributed by atoms with Gasteiger partial charge in [-0.1, -0.05) is 42.5 Å². The van der Waals surface area contributed by atoms with Crippen molar-refractivity contribution >= 4 is 11.6 Å². The van der Waals surface area contributed by atoms with Crippen LogP contribution in [0, 0.1) is 0 Å². The van der Waals surface area contributed by atoms with Crippen molar-refractivity contribution in [3.05, 3.63) is 71.3 Å². The third kappa shape index (κ3) is 6.31. The topological polar surface area (TPSA) is 53.9 Å². The van der Waals surface area contributed by atoms with Crippen LogP contribution in [0.1, 0.15) is 34.8 Å². The zero-order valence-corrected chi connectivity index (χ0v) is 15.9. The smallest absolute Gasteiger partial charge is 0.271 e. The fourth-order valence-electron chi connectivity index (χ4n) is 3.02. The summed E-state index contributed by atoms with van der Waals surface area (Å²) in [4.78, 5) is 14.6. The lowest BCUT2D eigenvalue weighted by Gasteiger charge is -2.26. The Bertz CT molecular complexity index is 751. The van der Waals surface area contributed by atoms with E-state index in [-0.39, 0.29) is 5.91 Å². The van der Waals surface area contributed by atoms with Gasteiger partial charge in [0, 0.05) is 30.9 Å². The van der Waals surface area contributed by atoms with Crippen molar-refractivity contribution in [1.29, 1.82) is 0 Å². The van der Waals surface area contributed by atoms with E-state index in [0.717, 1.165) is 51.4 Å².